The molecule has 3 heteroatoms. The van der Waals surface area contributed by atoms with Gasteiger partial charge in [0.1, 0.15) is 0 Å². The van der Waals surface area contributed by atoms with Gasteiger partial charge in [0.2, 0.25) is 0 Å². The molecule has 0 aliphatic heterocycles. The van der Waals surface area contributed by atoms with Gasteiger partial charge in [-0.05, 0) is 42.9 Å². The molecular weight excluding hydrogens is 243 g/mol. The average Bonchev–Trinajstić information content (AvgIpc) is 2.15. The number of aliphatic hydroxyl groups is 1. The Morgan fingerprint density at radius 2 is 1.75 bits per heavy atom. The second-order valence-electron chi connectivity index (χ2n) is 4.52. The Hall–Kier alpha value is -0.240. The number of hydrogen-bond donors (Lipinski definition) is 1. The van der Waals surface area contributed by atoms with Crippen LogP contribution in [0.5, 0.6) is 0 Å². The third-order valence-electron chi connectivity index (χ3n) is 2.53. The number of hydrogen-bond acceptors (Lipinski definition) is 1. The van der Waals surface area contributed by atoms with Gasteiger partial charge in [0, 0.05) is 10.0 Å². The predicted molar refractivity (Wildman–Crippen MR) is 70.2 cm³/mol. The van der Waals surface area contributed by atoms with Gasteiger partial charge < -0.3 is 5.11 Å². The molecule has 0 aromatic heterocycles. The normalized spacial score (nSPS) is 13.1. The van der Waals surface area contributed by atoms with Gasteiger partial charge in [-0.25, -0.2) is 0 Å². The van der Waals surface area contributed by atoms with Crippen LogP contribution in [0.2, 0.25) is 10.0 Å². The van der Waals surface area contributed by atoms with E-state index in [1.54, 1.807) is 0 Å². The summed E-state index contributed by atoms with van der Waals surface area (Å²) in [5, 5.41) is 11.1. The zero-order valence-electron chi connectivity index (χ0n) is 9.71. The van der Waals surface area contributed by atoms with Crippen LogP contribution in [0.1, 0.15) is 32.3 Å². The summed E-state index contributed by atoms with van der Waals surface area (Å²) in [5.41, 5.74) is 0.939. The Kier molecular flexibility index (Phi) is 5.60. The fraction of sp³-hybridized carbons (Fsp3) is 0.538. The Balaban J connectivity index is 2.54. The van der Waals surface area contributed by atoms with Crippen LogP contribution in [0, 0.1) is 5.92 Å². The molecule has 90 valence electrons. The lowest BCUT2D eigenvalue weighted by atomic mass is 10.00. The van der Waals surface area contributed by atoms with Crippen molar-refractivity contribution in [1.29, 1.82) is 0 Å². The van der Waals surface area contributed by atoms with Crippen LogP contribution in [0.3, 0.4) is 0 Å². The minimum absolute atomic E-state index is 0.271. The maximum Gasteiger partial charge on any atom is 0.0545 e. The second-order valence-corrected chi connectivity index (χ2v) is 5.34. The smallest absolute Gasteiger partial charge is 0.0545 e. The standard InChI is InChI=1S/C13H18Cl2O/c1-9(2)8-10(16)6-7-11-12(14)4-3-5-13(11)15/h3-5,9-10,16H,6-8H2,1-2H3. The highest BCUT2D eigenvalue weighted by Gasteiger charge is 2.10. The van der Waals surface area contributed by atoms with Crippen molar-refractivity contribution < 1.29 is 5.11 Å². The Labute approximate surface area is 107 Å². The first-order valence-corrected chi connectivity index (χ1v) is 6.37. The predicted octanol–water partition coefficient (Wildman–Crippen LogP) is 4.33. The fourth-order valence-electron chi connectivity index (χ4n) is 1.74. The molecule has 1 aromatic carbocycles. The topological polar surface area (TPSA) is 20.2 Å². The molecule has 0 aliphatic carbocycles. The van der Waals surface area contributed by atoms with Gasteiger partial charge in [-0.2, -0.15) is 0 Å². The summed E-state index contributed by atoms with van der Waals surface area (Å²) in [6.07, 6.45) is 1.99. The van der Waals surface area contributed by atoms with Gasteiger partial charge in [0.05, 0.1) is 6.10 Å². The molecule has 0 radical (unpaired) electrons. The molecule has 0 saturated heterocycles. The third kappa shape index (κ3) is 4.32. The van der Waals surface area contributed by atoms with E-state index < -0.39 is 0 Å². The lowest BCUT2D eigenvalue weighted by Crippen LogP contribution is -2.11. The van der Waals surface area contributed by atoms with Crippen molar-refractivity contribution in [2.24, 2.45) is 5.92 Å². The highest BCUT2D eigenvalue weighted by atomic mass is 35.5. The van der Waals surface area contributed by atoms with Crippen molar-refractivity contribution in [1.82, 2.24) is 0 Å². The molecule has 1 nitrogen and oxygen atoms in total. The third-order valence-corrected chi connectivity index (χ3v) is 3.24. The SMILES string of the molecule is CC(C)CC(O)CCc1c(Cl)cccc1Cl. The molecule has 1 rings (SSSR count). The van der Waals surface area contributed by atoms with Gasteiger partial charge in [0.15, 0.2) is 0 Å². The summed E-state index contributed by atoms with van der Waals surface area (Å²) in [6.45, 7) is 4.21. The zero-order chi connectivity index (χ0) is 12.1. The molecular formula is C13H18Cl2O. The van der Waals surface area contributed by atoms with Crippen LogP contribution >= 0.6 is 23.2 Å². The fourth-order valence-corrected chi connectivity index (χ4v) is 2.33. The molecule has 0 saturated carbocycles. The molecule has 1 unspecified atom stereocenters. The first-order valence-electron chi connectivity index (χ1n) is 5.61. The molecule has 1 N–H and O–H groups in total. The van der Waals surface area contributed by atoms with E-state index in [2.05, 4.69) is 13.8 Å². The maximum absolute atomic E-state index is 9.78. The Morgan fingerprint density at radius 3 is 2.25 bits per heavy atom. The minimum Gasteiger partial charge on any atom is -0.393 e. The van der Waals surface area contributed by atoms with E-state index in [9.17, 15) is 5.11 Å². The summed E-state index contributed by atoms with van der Waals surface area (Å²) in [4.78, 5) is 0. The largest absolute Gasteiger partial charge is 0.393 e. The van der Waals surface area contributed by atoms with Crippen LogP contribution in [0.25, 0.3) is 0 Å². The van der Waals surface area contributed by atoms with Crippen LogP contribution in [-0.4, -0.2) is 11.2 Å². The summed E-state index contributed by atoms with van der Waals surface area (Å²) in [5.74, 6) is 0.511. The first kappa shape index (κ1) is 13.8. The number of benzene rings is 1. The molecule has 0 heterocycles. The molecule has 0 bridgehead atoms. The average molecular weight is 261 g/mol. The minimum atomic E-state index is -0.271. The Morgan fingerprint density at radius 1 is 1.19 bits per heavy atom. The molecule has 1 atom stereocenters. The molecule has 0 spiro atoms. The molecule has 0 fully saturated rings. The van der Waals surface area contributed by atoms with Gasteiger partial charge in [-0.15, -0.1) is 0 Å². The van der Waals surface area contributed by atoms with Crippen molar-refractivity contribution in [3.8, 4) is 0 Å². The van der Waals surface area contributed by atoms with Crippen molar-refractivity contribution in [2.45, 2.75) is 39.2 Å². The number of halogens is 2. The van der Waals surface area contributed by atoms with Crippen LogP contribution in [0.15, 0.2) is 18.2 Å². The van der Waals surface area contributed by atoms with Crippen molar-refractivity contribution in [3.63, 3.8) is 0 Å². The summed E-state index contributed by atoms with van der Waals surface area (Å²) in [7, 11) is 0. The summed E-state index contributed by atoms with van der Waals surface area (Å²) >= 11 is 12.1. The highest BCUT2D eigenvalue weighted by molar-refractivity contribution is 6.35. The first-order chi connectivity index (χ1) is 7.50. The van der Waals surface area contributed by atoms with Crippen LogP contribution in [0.4, 0.5) is 0 Å². The van der Waals surface area contributed by atoms with Crippen molar-refractivity contribution in [2.75, 3.05) is 0 Å². The summed E-state index contributed by atoms with van der Waals surface area (Å²) in [6, 6.07) is 5.49. The quantitative estimate of drug-likeness (QED) is 0.836. The Bertz CT molecular complexity index is 316. The van der Waals surface area contributed by atoms with E-state index in [0.717, 1.165) is 18.4 Å². The van der Waals surface area contributed by atoms with Gasteiger partial charge in [-0.1, -0.05) is 43.1 Å². The highest BCUT2D eigenvalue weighted by Crippen LogP contribution is 2.26. The number of aliphatic hydroxyl groups excluding tert-OH is 1. The van der Waals surface area contributed by atoms with E-state index >= 15 is 0 Å². The van der Waals surface area contributed by atoms with Crippen molar-refractivity contribution >= 4 is 23.2 Å². The number of rotatable bonds is 5. The van der Waals surface area contributed by atoms with E-state index in [1.807, 2.05) is 18.2 Å². The van der Waals surface area contributed by atoms with Gasteiger partial charge in [-0.3, -0.25) is 0 Å². The maximum atomic E-state index is 9.78. The van der Waals surface area contributed by atoms with Crippen LogP contribution in [-0.2, 0) is 6.42 Å². The van der Waals surface area contributed by atoms with Gasteiger partial charge >= 0.3 is 0 Å². The monoisotopic (exact) mass is 260 g/mol. The molecule has 0 aliphatic rings. The molecule has 0 amide bonds. The van der Waals surface area contributed by atoms with E-state index in [1.165, 1.54) is 0 Å². The summed E-state index contributed by atoms with van der Waals surface area (Å²) < 4.78 is 0. The van der Waals surface area contributed by atoms with E-state index in [0.29, 0.717) is 22.4 Å². The van der Waals surface area contributed by atoms with E-state index in [-0.39, 0.29) is 6.10 Å². The van der Waals surface area contributed by atoms with Crippen molar-refractivity contribution in [3.05, 3.63) is 33.8 Å². The molecule has 16 heavy (non-hydrogen) atoms. The second kappa shape index (κ2) is 6.48. The van der Waals surface area contributed by atoms with Crippen LogP contribution < -0.4 is 0 Å². The molecule has 1 aromatic rings. The van der Waals surface area contributed by atoms with E-state index in [4.69, 9.17) is 23.2 Å². The zero-order valence-corrected chi connectivity index (χ0v) is 11.2. The van der Waals surface area contributed by atoms with Gasteiger partial charge in [0.25, 0.3) is 0 Å². The lowest BCUT2D eigenvalue weighted by Gasteiger charge is -2.13. The lowest BCUT2D eigenvalue weighted by molar-refractivity contribution is 0.140.